The van der Waals surface area contributed by atoms with E-state index in [9.17, 15) is 18.7 Å². The van der Waals surface area contributed by atoms with E-state index < -0.39 is 17.4 Å². The summed E-state index contributed by atoms with van der Waals surface area (Å²) < 4.78 is 32.8. The van der Waals surface area contributed by atoms with Crippen molar-refractivity contribution in [3.8, 4) is 5.75 Å². The predicted molar refractivity (Wildman–Crippen MR) is 68.6 cm³/mol. The van der Waals surface area contributed by atoms with Crippen molar-refractivity contribution < 1.29 is 23.4 Å². The van der Waals surface area contributed by atoms with E-state index in [1.165, 1.54) is 7.11 Å². The lowest BCUT2D eigenvalue weighted by atomic mass is 9.75. The summed E-state index contributed by atoms with van der Waals surface area (Å²) in [5.74, 6) is -4.71. The molecule has 2 N–H and O–H groups in total. The van der Waals surface area contributed by atoms with Gasteiger partial charge in [-0.2, -0.15) is 8.78 Å². The number of carbonyl (C=O) groups is 1. The highest BCUT2D eigenvalue weighted by Gasteiger charge is 2.61. The molecule has 0 aliphatic heterocycles. The Hall–Kier alpha value is -1.69. The van der Waals surface area contributed by atoms with Crippen LogP contribution in [0.15, 0.2) is 24.3 Å². The first kappa shape index (κ1) is 14.7. The van der Waals surface area contributed by atoms with Crippen LogP contribution in [0.5, 0.6) is 5.75 Å². The third-order valence-corrected chi connectivity index (χ3v) is 3.68. The number of hydrogen-bond donors (Lipinski definition) is 2. The fourth-order valence-electron chi connectivity index (χ4n) is 2.17. The number of nitrogens with one attached hydrogen (secondary N) is 1. The Kier molecular flexibility index (Phi) is 3.94. The molecule has 0 unspecified atom stereocenters. The average molecular weight is 285 g/mol. The van der Waals surface area contributed by atoms with Gasteiger partial charge in [-0.15, -0.1) is 0 Å². The second-order valence-corrected chi connectivity index (χ2v) is 4.95. The van der Waals surface area contributed by atoms with Crippen LogP contribution in [-0.4, -0.2) is 29.6 Å². The number of aliphatic hydroxyl groups is 1. The van der Waals surface area contributed by atoms with Crippen molar-refractivity contribution in [1.29, 1.82) is 0 Å². The van der Waals surface area contributed by atoms with Crippen LogP contribution in [0.2, 0.25) is 0 Å². The zero-order valence-corrected chi connectivity index (χ0v) is 11.2. The van der Waals surface area contributed by atoms with Gasteiger partial charge in [0.1, 0.15) is 11.4 Å². The Morgan fingerprint density at radius 2 is 2.10 bits per heavy atom. The molecular weight excluding hydrogens is 268 g/mol. The van der Waals surface area contributed by atoms with Crippen LogP contribution in [0, 0.1) is 0 Å². The van der Waals surface area contributed by atoms with E-state index in [4.69, 9.17) is 4.74 Å². The van der Waals surface area contributed by atoms with Crippen molar-refractivity contribution in [1.82, 2.24) is 5.32 Å². The smallest absolute Gasteiger partial charge is 0.352 e. The summed E-state index contributed by atoms with van der Waals surface area (Å²) in [4.78, 5) is 11.6. The molecule has 0 heterocycles. The average Bonchev–Trinajstić information content (AvgIpc) is 2.42. The SMILES string of the molecule is COc1ccccc1CNC(=O)C(F)(F)C1(O)CCC1. The van der Waals surface area contributed by atoms with Crippen molar-refractivity contribution >= 4 is 5.91 Å². The molecule has 1 saturated carbocycles. The van der Waals surface area contributed by atoms with E-state index in [1.807, 2.05) is 0 Å². The maximum absolute atomic E-state index is 13.8. The molecule has 0 atom stereocenters. The largest absolute Gasteiger partial charge is 0.496 e. The molecule has 1 aromatic carbocycles. The fraction of sp³-hybridized carbons (Fsp3) is 0.500. The molecule has 6 heteroatoms. The Balaban J connectivity index is 2.02. The van der Waals surface area contributed by atoms with Crippen LogP contribution in [0.25, 0.3) is 0 Å². The number of rotatable bonds is 5. The van der Waals surface area contributed by atoms with Crippen molar-refractivity contribution in [3.63, 3.8) is 0 Å². The van der Waals surface area contributed by atoms with E-state index in [1.54, 1.807) is 24.3 Å². The van der Waals surface area contributed by atoms with Gasteiger partial charge in [0, 0.05) is 12.1 Å². The summed E-state index contributed by atoms with van der Waals surface area (Å²) >= 11 is 0. The molecule has 2 rings (SSSR count). The zero-order chi connectivity index (χ0) is 14.8. The fourth-order valence-corrected chi connectivity index (χ4v) is 2.17. The third kappa shape index (κ3) is 2.47. The lowest BCUT2D eigenvalue weighted by Crippen LogP contribution is -2.60. The van der Waals surface area contributed by atoms with Gasteiger partial charge in [0.2, 0.25) is 0 Å². The summed E-state index contributed by atoms with van der Waals surface area (Å²) in [6, 6.07) is 6.83. The summed E-state index contributed by atoms with van der Waals surface area (Å²) in [5, 5.41) is 11.8. The molecule has 1 aliphatic carbocycles. The zero-order valence-electron chi connectivity index (χ0n) is 11.2. The molecule has 1 amide bonds. The number of benzene rings is 1. The summed E-state index contributed by atoms with van der Waals surface area (Å²) in [6.07, 6.45) is 0.399. The highest BCUT2D eigenvalue weighted by molar-refractivity contribution is 5.85. The van der Waals surface area contributed by atoms with E-state index in [2.05, 4.69) is 5.32 Å². The second-order valence-electron chi connectivity index (χ2n) is 4.95. The number of carbonyl (C=O) groups excluding carboxylic acids is 1. The van der Waals surface area contributed by atoms with E-state index >= 15 is 0 Å². The highest BCUT2D eigenvalue weighted by Crippen LogP contribution is 2.44. The van der Waals surface area contributed by atoms with E-state index in [0.717, 1.165) is 0 Å². The molecule has 0 saturated heterocycles. The van der Waals surface area contributed by atoms with Gasteiger partial charge in [-0.05, 0) is 25.3 Å². The van der Waals surface area contributed by atoms with Crippen molar-refractivity contribution in [2.45, 2.75) is 37.3 Å². The first-order valence-corrected chi connectivity index (χ1v) is 6.41. The van der Waals surface area contributed by atoms with Gasteiger partial charge in [-0.1, -0.05) is 18.2 Å². The maximum Gasteiger partial charge on any atom is 0.352 e. The molecule has 0 aromatic heterocycles. The normalized spacial score (nSPS) is 17.2. The number of ether oxygens (including phenoxy) is 1. The highest BCUT2D eigenvalue weighted by atomic mass is 19.3. The van der Waals surface area contributed by atoms with Crippen LogP contribution >= 0.6 is 0 Å². The molecule has 20 heavy (non-hydrogen) atoms. The molecule has 1 aromatic rings. The minimum Gasteiger partial charge on any atom is -0.496 e. The Morgan fingerprint density at radius 1 is 1.45 bits per heavy atom. The van der Waals surface area contributed by atoms with E-state index in [0.29, 0.717) is 17.7 Å². The molecule has 4 nitrogen and oxygen atoms in total. The molecule has 0 radical (unpaired) electrons. The lowest BCUT2D eigenvalue weighted by molar-refractivity contribution is -0.216. The molecular formula is C14H17F2NO3. The summed E-state index contributed by atoms with van der Waals surface area (Å²) in [5.41, 5.74) is -1.60. The number of alkyl halides is 2. The maximum atomic E-state index is 13.8. The number of methoxy groups -OCH3 is 1. The van der Waals surface area contributed by atoms with E-state index in [-0.39, 0.29) is 19.4 Å². The van der Waals surface area contributed by atoms with Crippen LogP contribution in [-0.2, 0) is 11.3 Å². The number of halogens is 2. The Bertz CT molecular complexity index is 501. The van der Waals surface area contributed by atoms with Crippen LogP contribution in [0.4, 0.5) is 8.78 Å². The van der Waals surface area contributed by atoms with Gasteiger partial charge in [0.05, 0.1) is 7.11 Å². The second kappa shape index (κ2) is 5.36. The van der Waals surface area contributed by atoms with Crippen molar-refractivity contribution in [2.24, 2.45) is 0 Å². The van der Waals surface area contributed by atoms with Crippen molar-refractivity contribution in [3.05, 3.63) is 29.8 Å². The summed E-state index contributed by atoms with van der Waals surface area (Å²) in [6.45, 7) is -0.0749. The standard InChI is InChI=1S/C14H17F2NO3/c1-20-11-6-3-2-5-10(11)9-17-12(18)14(15,16)13(19)7-4-8-13/h2-3,5-6,19H,4,7-9H2,1H3,(H,17,18). The number of amides is 1. The third-order valence-electron chi connectivity index (χ3n) is 3.68. The van der Waals surface area contributed by atoms with Crippen LogP contribution in [0.1, 0.15) is 24.8 Å². The topological polar surface area (TPSA) is 58.6 Å². The molecule has 110 valence electrons. The van der Waals surface area contributed by atoms with Crippen molar-refractivity contribution in [2.75, 3.05) is 7.11 Å². The quantitative estimate of drug-likeness (QED) is 0.868. The van der Waals surface area contributed by atoms with Crippen LogP contribution in [0.3, 0.4) is 0 Å². The first-order valence-electron chi connectivity index (χ1n) is 6.41. The van der Waals surface area contributed by atoms with Gasteiger partial charge in [-0.3, -0.25) is 4.79 Å². The predicted octanol–water partition coefficient (Wildman–Crippen LogP) is 1.86. The molecule has 1 fully saturated rings. The number of para-hydroxylation sites is 1. The lowest BCUT2D eigenvalue weighted by Gasteiger charge is -2.41. The Morgan fingerprint density at radius 3 is 2.65 bits per heavy atom. The summed E-state index contributed by atoms with van der Waals surface area (Å²) in [7, 11) is 1.46. The van der Waals surface area contributed by atoms with Gasteiger partial charge in [0.15, 0.2) is 0 Å². The minimum atomic E-state index is -3.77. The number of hydrogen-bond acceptors (Lipinski definition) is 3. The van der Waals surface area contributed by atoms with Crippen LogP contribution < -0.4 is 10.1 Å². The minimum absolute atomic E-state index is 0.0535. The first-order chi connectivity index (χ1) is 9.40. The van der Waals surface area contributed by atoms with Gasteiger partial charge in [0.25, 0.3) is 5.91 Å². The van der Waals surface area contributed by atoms with Gasteiger partial charge >= 0.3 is 5.92 Å². The van der Waals surface area contributed by atoms with Gasteiger partial charge in [-0.25, -0.2) is 0 Å². The Labute approximate surface area is 115 Å². The van der Waals surface area contributed by atoms with Gasteiger partial charge < -0.3 is 15.2 Å². The molecule has 0 bridgehead atoms. The molecule has 0 spiro atoms. The monoisotopic (exact) mass is 285 g/mol. The molecule has 1 aliphatic rings.